The Bertz CT molecular complexity index is 2050. The summed E-state index contributed by atoms with van der Waals surface area (Å²) in [7, 11) is -2.81. The van der Waals surface area contributed by atoms with E-state index in [1.807, 2.05) is 24.3 Å². The van der Waals surface area contributed by atoms with Gasteiger partial charge < -0.3 is 46.7 Å². The summed E-state index contributed by atoms with van der Waals surface area (Å²) < 4.78 is 67.8. The number of rotatable bonds is 11. The first-order valence-corrected chi connectivity index (χ1v) is 28.9. The van der Waals surface area contributed by atoms with Crippen LogP contribution in [-0.2, 0) is 48.6 Å². The molecule has 62 heavy (non-hydrogen) atoms. The van der Waals surface area contributed by atoms with Crippen molar-refractivity contribution in [3.05, 3.63) is 114 Å². The molecule has 0 saturated carbocycles. The molecule has 0 N–H and O–H groups in total. The lowest BCUT2D eigenvalue weighted by atomic mass is 9.90. The van der Waals surface area contributed by atoms with Crippen molar-refractivity contribution in [2.45, 2.75) is 158 Å². The first-order valence-electron chi connectivity index (χ1n) is 22.6. The molecule has 5 aliphatic heterocycles. The van der Waals surface area contributed by atoms with Crippen molar-refractivity contribution in [3.63, 3.8) is 0 Å². The summed E-state index contributed by atoms with van der Waals surface area (Å²) in [6, 6.07) is 22.7. The second-order valence-electron chi connectivity index (χ2n) is 19.8. The Hall–Kier alpha value is -3.15. The van der Waals surface area contributed by atoms with E-state index in [1.165, 1.54) is 10.8 Å². The number of hydrogen-bond donors (Lipinski definition) is 0. The molecular weight excluding hydrogens is 817 g/mol. The fourth-order valence-electron chi connectivity index (χ4n) is 8.91. The number of benzene rings is 3. The lowest BCUT2D eigenvalue weighted by molar-refractivity contribution is -0.270. The molecule has 0 aliphatic carbocycles. The molecule has 0 bridgehead atoms. The molecule has 2 saturated heterocycles. The summed E-state index contributed by atoms with van der Waals surface area (Å²) in [5.74, 6) is 1.64. The summed E-state index contributed by atoms with van der Waals surface area (Å²) in [6.07, 6.45) is 9.61. The summed E-state index contributed by atoms with van der Waals surface area (Å²) in [6.45, 7) is 19.4. The highest BCUT2D eigenvalue weighted by atomic mass is 28.4. The van der Waals surface area contributed by atoms with Gasteiger partial charge in [0.15, 0.2) is 14.6 Å². The SMILES string of the molecule is COc1ccc([C@@H]2OC[C@H]3O[C@H]4CC=C(O[Si](C)(C)C)[C@H](C[C@H]5O[C@H]6CC=CCO[C@@H]6[C@@H](OCc6cccc7ccccc67)[C@@H]5O[Si](C)(C)C(C)(C)C)O[C@@H]4C/C=C\[C@@H]3O2)cc1. The van der Waals surface area contributed by atoms with E-state index in [9.17, 15) is 0 Å². The van der Waals surface area contributed by atoms with Gasteiger partial charge in [-0.15, -0.1) is 0 Å². The minimum absolute atomic E-state index is 0.0555. The predicted molar refractivity (Wildman–Crippen MR) is 246 cm³/mol. The Morgan fingerprint density at radius 2 is 1.48 bits per heavy atom. The molecule has 2 fully saturated rings. The van der Waals surface area contributed by atoms with Crippen molar-refractivity contribution in [2.75, 3.05) is 20.3 Å². The number of hydrogen-bond acceptors (Lipinski definition) is 10. The zero-order valence-electron chi connectivity index (χ0n) is 38.1. The van der Waals surface area contributed by atoms with Crippen molar-refractivity contribution in [3.8, 4) is 5.75 Å². The highest BCUT2D eigenvalue weighted by Crippen LogP contribution is 2.43. The van der Waals surface area contributed by atoms with Crippen LogP contribution in [0.2, 0.25) is 37.8 Å². The van der Waals surface area contributed by atoms with Crippen molar-refractivity contribution < 1.29 is 46.7 Å². The maximum atomic E-state index is 7.51. The van der Waals surface area contributed by atoms with E-state index in [1.54, 1.807) is 7.11 Å². The van der Waals surface area contributed by atoms with E-state index in [0.717, 1.165) is 29.1 Å². The maximum Gasteiger partial charge on any atom is 0.241 e. The second-order valence-corrected chi connectivity index (χ2v) is 29.0. The molecule has 8 rings (SSSR count). The first kappa shape index (κ1) is 45.4. The highest BCUT2D eigenvalue weighted by Gasteiger charge is 2.53. The van der Waals surface area contributed by atoms with Gasteiger partial charge in [0.05, 0.1) is 51.3 Å². The molecular formula is C50H68O10Si2. The molecule has 3 aromatic rings. The van der Waals surface area contributed by atoms with Gasteiger partial charge in [-0.1, -0.05) is 99.7 Å². The van der Waals surface area contributed by atoms with E-state index in [4.69, 9.17) is 46.7 Å². The van der Waals surface area contributed by atoms with E-state index in [-0.39, 0.29) is 47.8 Å². The van der Waals surface area contributed by atoms with Crippen molar-refractivity contribution in [2.24, 2.45) is 0 Å². The highest BCUT2D eigenvalue weighted by molar-refractivity contribution is 6.74. The van der Waals surface area contributed by atoms with Crippen LogP contribution in [-0.4, -0.2) is 98.0 Å². The molecule has 336 valence electrons. The fourth-order valence-corrected chi connectivity index (χ4v) is 11.1. The molecule has 0 unspecified atom stereocenters. The van der Waals surface area contributed by atoms with Gasteiger partial charge in [-0.05, 0) is 91.6 Å². The second kappa shape index (κ2) is 19.1. The Morgan fingerprint density at radius 1 is 0.726 bits per heavy atom. The molecule has 0 amide bonds. The van der Waals surface area contributed by atoms with Crippen LogP contribution in [0.4, 0.5) is 0 Å². The van der Waals surface area contributed by atoms with Crippen molar-refractivity contribution in [1.82, 2.24) is 0 Å². The Labute approximate surface area is 371 Å². The van der Waals surface area contributed by atoms with Gasteiger partial charge in [0.2, 0.25) is 8.32 Å². The molecule has 5 heterocycles. The third-order valence-electron chi connectivity index (χ3n) is 13.2. The first-order chi connectivity index (χ1) is 29.7. The summed E-state index contributed by atoms with van der Waals surface area (Å²) in [5.41, 5.74) is 2.08. The molecule has 10 nitrogen and oxygen atoms in total. The van der Waals surface area contributed by atoms with E-state index < -0.39 is 41.2 Å². The molecule has 5 aliphatic rings. The van der Waals surface area contributed by atoms with Crippen molar-refractivity contribution >= 4 is 27.4 Å². The molecule has 12 heteroatoms. The third-order valence-corrected chi connectivity index (χ3v) is 18.5. The Kier molecular flexibility index (Phi) is 14.0. The van der Waals surface area contributed by atoms with Crippen LogP contribution < -0.4 is 4.74 Å². The molecule has 3 aromatic carbocycles. The summed E-state index contributed by atoms with van der Waals surface area (Å²) >= 11 is 0. The van der Waals surface area contributed by atoms with Gasteiger partial charge in [0.1, 0.15) is 48.1 Å². The van der Waals surface area contributed by atoms with Gasteiger partial charge in [0, 0.05) is 12.0 Å². The lowest BCUT2D eigenvalue weighted by Gasteiger charge is -2.50. The minimum Gasteiger partial charge on any atom is -0.546 e. The van der Waals surface area contributed by atoms with E-state index in [2.05, 4.69) is 126 Å². The van der Waals surface area contributed by atoms with Gasteiger partial charge >= 0.3 is 0 Å². The van der Waals surface area contributed by atoms with Crippen LogP contribution >= 0.6 is 0 Å². The molecule has 0 radical (unpaired) electrons. The number of methoxy groups -OCH3 is 1. The predicted octanol–water partition coefficient (Wildman–Crippen LogP) is 10.3. The quantitative estimate of drug-likeness (QED) is 0.137. The van der Waals surface area contributed by atoms with Crippen LogP contribution in [0, 0.1) is 0 Å². The maximum absolute atomic E-state index is 7.51. The van der Waals surface area contributed by atoms with Crippen LogP contribution in [0.1, 0.15) is 63.9 Å². The average Bonchev–Trinajstić information content (AvgIpc) is 3.55. The molecule has 0 spiro atoms. The monoisotopic (exact) mass is 884 g/mol. The Morgan fingerprint density at radius 3 is 2.26 bits per heavy atom. The normalized spacial score (nSPS) is 32.5. The van der Waals surface area contributed by atoms with Gasteiger partial charge in [-0.2, -0.15) is 0 Å². The zero-order valence-corrected chi connectivity index (χ0v) is 40.1. The molecule has 11 atom stereocenters. The van der Waals surface area contributed by atoms with Gasteiger partial charge in [0.25, 0.3) is 0 Å². The lowest BCUT2D eigenvalue weighted by Crippen LogP contribution is -2.63. The standard InChI is InChI=1S/C50H68O10Si2/c1-50(2,3)62(8,9)60-47-44(57-42-20-12-13-29-52-46(42)48(47)53-31-35-18-14-17-33-16-10-11-19-37(33)35)30-43-41(59-61(5,6)7)28-27-40-38(55-43)21-15-22-39-45(56-40)32-54-49(58-39)34-23-25-36(51-4)26-24-34/h10-19,22-26,28,38-40,42-49H,20-21,27,29-32H2,1-9H3/b22-15-/t38-,39+,40+,42+,43+,44-,45-,46+,47-,48-,49-/m1/s1. The largest absolute Gasteiger partial charge is 0.546 e. The zero-order chi connectivity index (χ0) is 43.6. The van der Waals surface area contributed by atoms with Gasteiger partial charge in [-0.3, -0.25) is 0 Å². The fraction of sp³-hybridized carbons (Fsp3) is 0.560. The van der Waals surface area contributed by atoms with Crippen LogP contribution in [0.15, 0.2) is 103 Å². The van der Waals surface area contributed by atoms with Crippen LogP contribution in [0.3, 0.4) is 0 Å². The average molecular weight is 885 g/mol. The van der Waals surface area contributed by atoms with Crippen LogP contribution in [0.25, 0.3) is 10.8 Å². The van der Waals surface area contributed by atoms with Crippen LogP contribution in [0.5, 0.6) is 5.75 Å². The van der Waals surface area contributed by atoms with E-state index >= 15 is 0 Å². The third kappa shape index (κ3) is 10.5. The smallest absolute Gasteiger partial charge is 0.241 e. The topological polar surface area (TPSA) is 92.3 Å². The summed E-state index contributed by atoms with van der Waals surface area (Å²) in [4.78, 5) is 0. The number of fused-ring (bicyclic) bond motifs is 4. The minimum atomic E-state index is -2.39. The number of ether oxygens (including phenoxy) is 8. The van der Waals surface area contributed by atoms with E-state index in [0.29, 0.717) is 39.1 Å². The Balaban J connectivity index is 1.08. The molecule has 0 aromatic heterocycles. The van der Waals surface area contributed by atoms with Crippen molar-refractivity contribution in [1.29, 1.82) is 0 Å². The van der Waals surface area contributed by atoms with Gasteiger partial charge in [-0.25, -0.2) is 0 Å². The summed E-state index contributed by atoms with van der Waals surface area (Å²) in [5, 5.41) is 2.32.